The monoisotopic (exact) mass is 366 g/mol. The lowest BCUT2D eigenvalue weighted by molar-refractivity contribution is 0.0656. The van der Waals surface area contributed by atoms with Gasteiger partial charge in [0.25, 0.3) is 16.0 Å². The third kappa shape index (κ3) is 2.77. The summed E-state index contributed by atoms with van der Waals surface area (Å²) in [5, 5.41) is 1.68. The van der Waals surface area contributed by atoms with Crippen molar-refractivity contribution in [1.29, 1.82) is 0 Å². The zero-order chi connectivity index (χ0) is 17.9. The summed E-state index contributed by atoms with van der Waals surface area (Å²) in [6.07, 6.45) is 1.65. The lowest BCUT2D eigenvalue weighted by atomic mass is 10.0. The molecule has 1 aliphatic carbocycles. The molecule has 7 nitrogen and oxygen atoms in total. The third-order valence-electron chi connectivity index (χ3n) is 5.82. The highest BCUT2D eigenvalue weighted by molar-refractivity contribution is 7.86. The van der Waals surface area contributed by atoms with Crippen LogP contribution < -0.4 is 10.1 Å². The van der Waals surface area contributed by atoms with Crippen molar-refractivity contribution in [2.45, 2.75) is 31.2 Å². The molecule has 136 valence electrons. The van der Waals surface area contributed by atoms with Crippen LogP contribution in [0.25, 0.3) is 0 Å². The van der Waals surface area contributed by atoms with Crippen LogP contribution in [0.3, 0.4) is 0 Å². The molecule has 2 fully saturated rings. The molecule has 0 aromatic heterocycles. The van der Waals surface area contributed by atoms with E-state index in [9.17, 15) is 17.8 Å². The second kappa shape index (κ2) is 5.60. The maximum Gasteiger partial charge on any atom is 0.288 e. The van der Waals surface area contributed by atoms with Crippen LogP contribution >= 0.6 is 0 Å². The maximum atomic E-state index is 13.2. The average molecular weight is 366 g/mol. The number of ether oxygens (including phenoxy) is 1. The molecule has 8 heteroatoms. The molecule has 1 aromatic rings. The van der Waals surface area contributed by atoms with Gasteiger partial charge in [0.05, 0.1) is 18.7 Å². The van der Waals surface area contributed by atoms with E-state index in [4.69, 9.17) is 4.74 Å². The van der Waals surface area contributed by atoms with Crippen molar-refractivity contribution >= 4 is 21.7 Å². The van der Waals surface area contributed by atoms with Gasteiger partial charge < -0.3 is 15.0 Å². The molecule has 2 unspecified atom stereocenters. The van der Waals surface area contributed by atoms with Gasteiger partial charge in [-0.25, -0.2) is 0 Å². The minimum absolute atomic E-state index is 0.217. The van der Waals surface area contributed by atoms with Gasteiger partial charge in [-0.05, 0) is 48.8 Å². The predicted octanol–water partition coefficient (Wildman–Crippen LogP) is 1.82. The summed E-state index contributed by atoms with van der Waals surface area (Å²) in [7, 11) is -2.86. The van der Waals surface area contributed by atoms with Crippen molar-refractivity contribution in [1.82, 2.24) is 4.90 Å². The van der Waals surface area contributed by atoms with Crippen LogP contribution in [0.2, 0.25) is 0 Å². The minimum Gasteiger partial charge on any atom is -0.497 e. The first-order valence-electron chi connectivity index (χ1n) is 8.51. The van der Waals surface area contributed by atoms with Crippen LogP contribution in [0.1, 0.15) is 30.1 Å². The first kappa shape index (κ1) is 16.7. The highest BCUT2D eigenvalue weighted by Crippen LogP contribution is 2.51. The van der Waals surface area contributed by atoms with E-state index < -0.39 is 21.5 Å². The molecule has 0 bridgehead atoms. The highest BCUT2D eigenvalue weighted by Gasteiger charge is 2.52. The normalized spacial score (nSPS) is 34.0. The smallest absolute Gasteiger partial charge is 0.288 e. The number of fused-ring (bicyclic) bond motifs is 3. The quantitative estimate of drug-likeness (QED) is 0.775. The van der Waals surface area contributed by atoms with Crippen LogP contribution in [-0.4, -0.2) is 48.8 Å². The summed E-state index contributed by atoms with van der Waals surface area (Å²) in [6.45, 7) is 2.60. The first-order valence-corrected chi connectivity index (χ1v) is 10.0. The molecule has 3 aliphatic rings. The molecule has 2 heterocycles. The van der Waals surface area contributed by atoms with E-state index in [1.54, 1.807) is 23.1 Å². The fourth-order valence-corrected chi connectivity index (χ4v) is 5.34. The van der Waals surface area contributed by atoms with Crippen molar-refractivity contribution in [3.63, 3.8) is 0 Å². The van der Waals surface area contributed by atoms with Gasteiger partial charge in [-0.3, -0.25) is 9.35 Å². The lowest BCUT2D eigenvalue weighted by Crippen LogP contribution is -2.51. The fourth-order valence-electron chi connectivity index (χ4n) is 4.41. The molecule has 2 aliphatic heterocycles. The highest BCUT2D eigenvalue weighted by atomic mass is 32.2. The number of nitrogens with one attached hydrogen (secondary N) is 1. The fraction of sp³-hybridized carbons (Fsp3) is 0.588. The SMILES string of the molecule is COc1ccc2c(c1)C(=O)N1C[C@@H](C)C3C[C@H]3C[C@H]1C(S(=O)(=O)O)N2. The largest absolute Gasteiger partial charge is 0.497 e. The number of rotatable bonds is 2. The molecular formula is C17H22N2O5S. The zero-order valence-electron chi connectivity index (χ0n) is 14.2. The van der Waals surface area contributed by atoms with E-state index in [2.05, 4.69) is 12.2 Å². The molecule has 1 amide bonds. The number of hydrogen-bond donors (Lipinski definition) is 2. The van der Waals surface area contributed by atoms with Crippen molar-refractivity contribution < 1.29 is 22.5 Å². The second-order valence-corrected chi connectivity index (χ2v) is 8.93. The number of benzene rings is 1. The van der Waals surface area contributed by atoms with Gasteiger partial charge in [0, 0.05) is 12.2 Å². The number of amides is 1. The summed E-state index contributed by atoms with van der Waals surface area (Å²) in [5.74, 6) is 1.58. The summed E-state index contributed by atoms with van der Waals surface area (Å²) >= 11 is 0. The van der Waals surface area contributed by atoms with Gasteiger partial charge in [0.2, 0.25) is 0 Å². The second-order valence-electron chi connectivity index (χ2n) is 7.39. The van der Waals surface area contributed by atoms with Crippen LogP contribution in [-0.2, 0) is 10.1 Å². The Morgan fingerprint density at radius 2 is 2.08 bits per heavy atom. The molecule has 0 radical (unpaired) electrons. The number of methoxy groups -OCH3 is 1. The lowest BCUT2D eigenvalue weighted by Gasteiger charge is -2.33. The van der Waals surface area contributed by atoms with Gasteiger partial charge in [0.15, 0.2) is 5.37 Å². The maximum absolute atomic E-state index is 13.2. The molecule has 1 saturated carbocycles. The number of anilines is 1. The Bertz CT molecular complexity index is 824. The van der Waals surface area contributed by atoms with Gasteiger partial charge >= 0.3 is 0 Å². The van der Waals surface area contributed by atoms with Crippen LogP contribution in [0.5, 0.6) is 5.75 Å². The Kier molecular flexibility index (Phi) is 3.73. The van der Waals surface area contributed by atoms with E-state index in [1.165, 1.54) is 7.11 Å². The molecule has 2 N–H and O–H groups in total. The average Bonchev–Trinajstić information content (AvgIpc) is 3.34. The zero-order valence-corrected chi connectivity index (χ0v) is 15.0. The Balaban J connectivity index is 1.83. The van der Waals surface area contributed by atoms with Crippen molar-refractivity contribution in [2.75, 3.05) is 19.0 Å². The van der Waals surface area contributed by atoms with Crippen molar-refractivity contribution in [3.05, 3.63) is 23.8 Å². The Morgan fingerprint density at radius 1 is 1.32 bits per heavy atom. The first-order chi connectivity index (χ1) is 11.8. The number of nitrogens with zero attached hydrogens (tertiary/aromatic N) is 1. The van der Waals surface area contributed by atoms with E-state index in [0.29, 0.717) is 47.7 Å². The Labute approximate surface area is 147 Å². The predicted molar refractivity (Wildman–Crippen MR) is 92.2 cm³/mol. The van der Waals surface area contributed by atoms with Gasteiger partial charge in [0.1, 0.15) is 5.75 Å². The van der Waals surface area contributed by atoms with E-state index in [0.717, 1.165) is 6.42 Å². The number of hydrogen-bond acceptors (Lipinski definition) is 5. The molecule has 4 rings (SSSR count). The molecule has 5 atom stereocenters. The van der Waals surface area contributed by atoms with Crippen molar-refractivity contribution in [2.24, 2.45) is 17.8 Å². The molecular weight excluding hydrogens is 344 g/mol. The van der Waals surface area contributed by atoms with Crippen LogP contribution in [0, 0.1) is 17.8 Å². The Hall–Kier alpha value is -1.80. The van der Waals surface area contributed by atoms with E-state index >= 15 is 0 Å². The summed E-state index contributed by atoms with van der Waals surface area (Å²) in [4.78, 5) is 14.8. The topological polar surface area (TPSA) is 95.9 Å². The van der Waals surface area contributed by atoms with Crippen molar-refractivity contribution in [3.8, 4) is 5.75 Å². The van der Waals surface area contributed by atoms with Gasteiger partial charge in [-0.15, -0.1) is 0 Å². The molecule has 1 aromatic carbocycles. The third-order valence-corrected chi connectivity index (χ3v) is 6.90. The number of carbonyl (C=O) groups is 1. The number of carbonyl (C=O) groups excluding carboxylic acids is 1. The summed E-state index contributed by atoms with van der Waals surface area (Å²) < 4.78 is 39.2. The van der Waals surface area contributed by atoms with Gasteiger partial charge in [-0.2, -0.15) is 8.42 Å². The summed E-state index contributed by atoms with van der Waals surface area (Å²) in [5.41, 5.74) is 0.778. The van der Waals surface area contributed by atoms with Gasteiger partial charge in [-0.1, -0.05) is 6.92 Å². The van der Waals surface area contributed by atoms with E-state index in [1.807, 2.05) is 0 Å². The standard InChI is InChI=1S/C17H22N2O5S/c1-9-8-19-15(6-10-5-12(9)10)16(25(21,22)23)18-14-4-3-11(24-2)7-13(14)17(19)20/h3-4,7,9-10,12,15-16,18H,5-6,8H2,1-2H3,(H,21,22,23)/t9-,10+,12?,15+,16?/m1/s1. The molecule has 0 spiro atoms. The van der Waals surface area contributed by atoms with E-state index in [-0.39, 0.29) is 5.91 Å². The Morgan fingerprint density at radius 3 is 2.76 bits per heavy atom. The summed E-state index contributed by atoms with van der Waals surface area (Å²) in [6, 6.07) is 4.32. The molecule has 1 saturated heterocycles. The van der Waals surface area contributed by atoms with Crippen LogP contribution in [0.15, 0.2) is 18.2 Å². The molecule has 25 heavy (non-hydrogen) atoms. The minimum atomic E-state index is -4.38. The van der Waals surface area contributed by atoms with Crippen LogP contribution in [0.4, 0.5) is 5.69 Å².